The third-order valence-corrected chi connectivity index (χ3v) is 3.13. The molecule has 5 nitrogen and oxygen atoms in total. The number of aromatic nitrogens is 4. The molecule has 0 saturated carbocycles. The maximum atomic E-state index is 5.73. The third kappa shape index (κ3) is 2.57. The normalized spacial score (nSPS) is 10.7. The number of hydrogen-bond acceptors (Lipinski definition) is 4. The number of nitrogens with two attached hydrogens (primary N) is 1. The summed E-state index contributed by atoms with van der Waals surface area (Å²) in [6.07, 6.45) is 0. The van der Waals surface area contributed by atoms with Crippen molar-refractivity contribution >= 4 is 0 Å². The van der Waals surface area contributed by atoms with Crippen molar-refractivity contribution in [3.05, 3.63) is 65.7 Å². The van der Waals surface area contributed by atoms with Crippen LogP contribution < -0.4 is 5.73 Å². The van der Waals surface area contributed by atoms with Crippen molar-refractivity contribution in [1.82, 2.24) is 20.2 Å². The van der Waals surface area contributed by atoms with Crippen LogP contribution in [-0.4, -0.2) is 20.2 Å². The molecule has 1 heterocycles. The highest BCUT2D eigenvalue weighted by molar-refractivity contribution is 5.52. The molecule has 0 amide bonds. The molecule has 0 unspecified atom stereocenters. The van der Waals surface area contributed by atoms with Crippen LogP contribution in [0.25, 0.3) is 11.4 Å². The number of tetrazole rings is 1. The molecule has 3 aromatic rings. The number of benzene rings is 2. The summed E-state index contributed by atoms with van der Waals surface area (Å²) < 4.78 is 0. The van der Waals surface area contributed by atoms with Crippen LogP contribution in [0, 0.1) is 0 Å². The van der Waals surface area contributed by atoms with Gasteiger partial charge in [0.25, 0.3) is 0 Å². The van der Waals surface area contributed by atoms with Crippen LogP contribution in [0.15, 0.2) is 54.6 Å². The van der Waals surface area contributed by atoms with Crippen molar-refractivity contribution in [3.8, 4) is 11.4 Å². The SMILES string of the molecule is NCc1ccccc1Cn1nnc(-c2ccccc2)n1. The zero-order valence-electron chi connectivity index (χ0n) is 11.0. The summed E-state index contributed by atoms with van der Waals surface area (Å²) in [7, 11) is 0. The van der Waals surface area contributed by atoms with E-state index in [-0.39, 0.29) is 0 Å². The lowest BCUT2D eigenvalue weighted by Gasteiger charge is -2.05. The van der Waals surface area contributed by atoms with E-state index in [9.17, 15) is 0 Å². The first-order valence-corrected chi connectivity index (χ1v) is 6.47. The van der Waals surface area contributed by atoms with Gasteiger partial charge < -0.3 is 5.73 Å². The van der Waals surface area contributed by atoms with Crippen molar-refractivity contribution in [3.63, 3.8) is 0 Å². The van der Waals surface area contributed by atoms with Crippen LogP contribution in [0.4, 0.5) is 0 Å². The van der Waals surface area contributed by atoms with Gasteiger partial charge in [0.2, 0.25) is 5.82 Å². The first kappa shape index (κ1) is 12.5. The highest BCUT2D eigenvalue weighted by atomic mass is 15.6. The summed E-state index contributed by atoms with van der Waals surface area (Å²) in [5, 5.41) is 12.6. The lowest BCUT2D eigenvalue weighted by molar-refractivity contribution is 0.570. The van der Waals surface area contributed by atoms with Gasteiger partial charge in [-0.15, -0.1) is 10.2 Å². The summed E-state index contributed by atoms with van der Waals surface area (Å²) in [6, 6.07) is 17.8. The minimum atomic E-state index is 0.510. The number of hydrogen-bond donors (Lipinski definition) is 1. The smallest absolute Gasteiger partial charge is 0.204 e. The summed E-state index contributed by atoms with van der Waals surface area (Å²) in [4.78, 5) is 1.59. The fraction of sp³-hybridized carbons (Fsp3) is 0.133. The van der Waals surface area contributed by atoms with Crippen molar-refractivity contribution in [1.29, 1.82) is 0 Å². The Morgan fingerprint density at radius 2 is 1.60 bits per heavy atom. The first-order valence-electron chi connectivity index (χ1n) is 6.47. The Balaban J connectivity index is 1.84. The van der Waals surface area contributed by atoms with Gasteiger partial charge in [0.15, 0.2) is 0 Å². The molecule has 0 aliphatic rings. The van der Waals surface area contributed by atoms with E-state index >= 15 is 0 Å². The topological polar surface area (TPSA) is 69.6 Å². The highest BCUT2D eigenvalue weighted by Gasteiger charge is 2.07. The molecule has 2 aromatic carbocycles. The van der Waals surface area contributed by atoms with Crippen LogP contribution in [0.3, 0.4) is 0 Å². The van der Waals surface area contributed by atoms with E-state index in [0.29, 0.717) is 18.9 Å². The van der Waals surface area contributed by atoms with Gasteiger partial charge in [-0.05, 0) is 16.3 Å². The van der Waals surface area contributed by atoms with Crippen LogP contribution >= 0.6 is 0 Å². The molecule has 0 bridgehead atoms. The van der Waals surface area contributed by atoms with Crippen molar-refractivity contribution in [2.45, 2.75) is 13.1 Å². The predicted molar refractivity (Wildman–Crippen MR) is 76.7 cm³/mol. The zero-order valence-corrected chi connectivity index (χ0v) is 11.0. The summed E-state index contributed by atoms with van der Waals surface area (Å²) in [5.41, 5.74) is 8.92. The van der Waals surface area contributed by atoms with Crippen molar-refractivity contribution in [2.75, 3.05) is 0 Å². The average Bonchev–Trinajstić information content (AvgIpc) is 2.97. The van der Waals surface area contributed by atoms with Crippen LogP contribution in [0.5, 0.6) is 0 Å². The summed E-state index contributed by atoms with van der Waals surface area (Å²) in [5.74, 6) is 0.635. The van der Waals surface area contributed by atoms with Crippen LogP contribution in [0.2, 0.25) is 0 Å². The Hall–Kier alpha value is -2.53. The second kappa shape index (κ2) is 5.63. The lowest BCUT2D eigenvalue weighted by atomic mass is 10.1. The third-order valence-electron chi connectivity index (χ3n) is 3.13. The Labute approximate surface area is 117 Å². The number of rotatable bonds is 4. The molecule has 100 valence electrons. The Morgan fingerprint density at radius 1 is 0.900 bits per heavy atom. The molecule has 0 saturated heterocycles. The molecule has 0 aliphatic heterocycles. The van der Waals surface area contributed by atoms with E-state index in [0.717, 1.165) is 16.7 Å². The van der Waals surface area contributed by atoms with E-state index < -0.39 is 0 Å². The van der Waals surface area contributed by atoms with E-state index in [1.807, 2.05) is 54.6 Å². The molecule has 0 radical (unpaired) electrons. The minimum Gasteiger partial charge on any atom is -0.326 e. The van der Waals surface area contributed by atoms with Crippen LogP contribution in [-0.2, 0) is 13.1 Å². The molecular formula is C15H15N5. The quantitative estimate of drug-likeness (QED) is 0.781. The van der Waals surface area contributed by atoms with Crippen molar-refractivity contribution in [2.24, 2.45) is 5.73 Å². The Kier molecular flexibility index (Phi) is 3.52. The van der Waals surface area contributed by atoms with Gasteiger partial charge in [-0.2, -0.15) is 4.80 Å². The molecular weight excluding hydrogens is 250 g/mol. The molecule has 0 spiro atoms. The molecule has 20 heavy (non-hydrogen) atoms. The molecule has 3 rings (SSSR count). The van der Waals surface area contributed by atoms with E-state index in [2.05, 4.69) is 15.4 Å². The first-order chi connectivity index (χ1) is 9.86. The second-order valence-electron chi connectivity index (χ2n) is 4.48. The van der Waals surface area contributed by atoms with E-state index in [4.69, 9.17) is 5.73 Å². The Bertz CT molecular complexity index is 690. The average molecular weight is 265 g/mol. The lowest BCUT2D eigenvalue weighted by Crippen LogP contribution is -2.08. The monoisotopic (exact) mass is 265 g/mol. The molecule has 0 aliphatic carbocycles. The summed E-state index contributed by atoms with van der Waals surface area (Å²) in [6.45, 7) is 1.09. The van der Waals surface area contributed by atoms with Crippen LogP contribution in [0.1, 0.15) is 11.1 Å². The standard InChI is InChI=1S/C15H15N5/c16-10-13-8-4-5-9-14(13)11-20-18-15(17-19-20)12-6-2-1-3-7-12/h1-9H,10-11,16H2. The fourth-order valence-corrected chi connectivity index (χ4v) is 2.08. The largest absolute Gasteiger partial charge is 0.326 e. The van der Waals surface area contributed by atoms with Gasteiger partial charge >= 0.3 is 0 Å². The molecule has 0 fully saturated rings. The minimum absolute atomic E-state index is 0.510. The fourth-order valence-electron chi connectivity index (χ4n) is 2.08. The predicted octanol–water partition coefficient (Wildman–Crippen LogP) is 1.85. The molecule has 1 aromatic heterocycles. The van der Waals surface area contributed by atoms with E-state index in [1.54, 1.807) is 4.80 Å². The number of nitrogens with zero attached hydrogens (tertiary/aromatic N) is 4. The van der Waals surface area contributed by atoms with E-state index in [1.165, 1.54) is 0 Å². The molecule has 0 atom stereocenters. The maximum absolute atomic E-state index is 5.73. The molecule has 2 N–H and O–H groups in total. The molecule has 5 heteroatoms. The Morgan fingerprint density at radius 3 is 2.35 bits per heavy atom. The van der Waals surface area contributed by atoms with Gasteiger partial charge in [0.05, 0.1) is 6.54 Å². The summed E-state index contributed by atoms with van der Waals surface area (Å²) >= 11 is 0. The second-order valence-corrected chi connectivity index (χ2v) is 4.48. The van der Waals surface area contributed by atoms with Gasteiger partial charge in [0, 0.05) is 12.1 Å². The van der Waals surface area contributed by atoms with Crippen molar-refractivity contribution < 1.29 is 0 Å². The van der Waals surface area contributed by atoms with Gasteiger partial charge in [-0.3, -0.25) is 0 Å². The maximum Gasteiger partial charge on any atom is 0.204 e. The van der Waals surface area contributed by atoms with Gasteiger partial charge in [-0.25, -0.2) is 0 Å². The highest BCUT2D eigenvalue weighted by Crippen LogP contribution is 2.13. The van der Waals surface area contributed by atoms with Gasteiger partial charge in [-0.1, -0.05) is 54.6 Å². The zero-order chi connectivity index (χ0) is 13.8. The van der Waals surface area contributed by atoms with Gasteiger partial charge in [0.1, 0.15) is 0 Å².